The van der Waals surface area contributed by atoms with Crippen molar-refractivity contribution in [3.8, 4) is 17.0 Å². The molecule has 0 aliphatic heterocycles. The van der Waals surface area contributed by atoms with Crippen LogP contribution in [-0.4, -0.2) is 33.1 Å². The third-order valence-electron chi connectivity index (χ3n) is 3.34. The molecule has 6 heteroatoms. The predicted molar refractivity (Wildman–Crippen MR) is 71.4 cm³/mol. The van der Waals surface area contributed by atoms with Crippen LogP contribution in [0.2, 0.25) is 0 Å². The van der Waals surface area contributed by atoms with Gasteiger partial charge in [0.1, 0.15) is 11.4 Å². The molecule has 20 heavy (non-hydrogen) atoms. The van der Waals surface area contributed by atoms with E-state index in [0.29, 0.717) is 17.2 Å². The van der Waals surface area contributed by atoms with Crippen molar-refractivity contribution in [2.45, 2.75) is 25.7 Å². The van der Waals surface area contributed by atoms with Gasteiger partial charge >= 0.3 is 5.97 Å². The zero-order valence-electron chi connectivity index (χ0n) is 11.1. The van der Waals surface area contributed by atoms with Crippen molar-refractivity contribution >= 4 is 5.97 Å². The minimum absolute atomic E-state index is 0.0776. The molecule has 0 amide bonds. The summed E-state index contributed by atoms with van der Waals surface area (Å²) in [5.74, 6) is 0.0774. The first-order valence-corrected chi connectivity index (χ1v) is 6.62. The molecule has 0 saturated heterocycles. The maximum atomic E-state index is 11.8. The number of hydrogen-bond acceptors (Lipinski definition) is 5. The lowest BCUT2D eigenvalue weighted by Crippen LogP contribution is -2.06. The number of esters is 1. The normalized spacial score (nSPS) is 14.2. The standard InChI is InChI=1S/C14H15N3O3/c1-2-20-14(19)13-12(15-17-16-13)10-7-9(8-3-4-8)5-6-11(10)18/h5-8,18H,2-4H2,1H3,(H,15,16,17). The molecule has 0 spiro atoms. The number of hydrogen-bond donors (Lipinski definition) is 2. The zero-order valence-corrected chi connectivity index (χ0v) is 11.1. The van der Waals surface area contributed by atoms with Crippen LogP contribution in [0.5, 0.6) is 5.75 Å². The van der Waals surface area contributed by atoms with Gasteiger partial charge in [0.05, 0.1) is 6.61 Å². The highest BCUT2D eigenvalue weighted by atomic mass is 16.5. The van der Waals surface area contributed by atoms with Crippen LogP contribution < -0.4 is 0 Å². The van der Waals surface area contributed by atoms with Gasteiger partial charge in [-0.1, -0.05) is 6.07 Å². The first kappa shape index (κ1) is 12.7. The van der Waals surface area contributed by atoms with Crippen molar-refractivity contribution in [3.05, 3.63) is 29.5 Å². The third-order valence-corrected chi connectivity index (χ3v) is 3.34. The number of benzene rings is 1. The van der Waals surface area contributed by atoms with Gasteiger partial charge in [0.15, 0.2) is 5.69 Å². The Bertz CT molecular complexity index is 647. The molecule has 0 bridgehead atoms. The number of phenolic OH excluding ortho intramolecular Hbond substituents is 1. The number of carbonyl (C=O) groups excluding carboxylic acids is 1. The van der Waals surface area contributed by atoms with Crippen LogP contribution in [0.4, 0.5) is 0 Å². The van der Waals surface area contributed by atoms with Crippen LogP contribution >= 0.6 is 0 Å². The average Bonchev–Trinajstić information content (AvgIpc) is 3.17. The SMILES string of the molecule is CCOC(=O)c1n[nH]nc1-c1cc(C2CC2)ccc1O. The second-order valence-corrected chi connectivity index (χ2v) is 4.79. The van der Waals surface area contributed by atoms with Crippen LogP contribution in [0.3, 0.4) is 0 Å². The summed E-state index contributed by atoms with van der Waals surface area (Å²) in [7, 11) is 0. The molecular formula is C14H15N3O3. The Balaban J connectivity index is 2.02. The number of rotatable bonds is 4. The summed E-state index contributed by atoms with van der Waals surface area (Å²) in [4.78, 5) is 11.8. The second-order valence-electron chi connectivity index (χ2n) is 4.79. The lowest BCUT2D eigenvalue weighted by Gasteiger charge is -2.06. The molecule has 2 aromatic rings. The quantitative estimate of drug-likeness (QED) is 0.834. The number of ether oxygens (including phenoxy) is 1. The van der Waals surface area contributed by atoms with Crippen molar-refractivity contribution in [3.63, 3.8) is 0 Å². The topological polar surface area (TPSA) is 88.1 Å². The van der Waals surface area contributed by atoms with Crippen LogP contribution in [0.1, 0.15) is 41.7 Å². The average molecular weight is 273 g/mol. The number of nitrogens with one attached hydrogen (secondary N) is 1. The number of nitrogens with zero attached hydrogens (tertiary/aromatic N) is 2. The number of carbonyl (C=O) groups is 1. The Morgan fingerprint density at radius 3 is 2.95 bits per heavy atom. The van der Waals surface area contributed by atoms with Gasteiger partial charge in [0.2, 0.25) is 0 Å². The lowest BCUT2D eigenvalue weighted by atomic mass is 10.0. The van der Waals surface area contributed by atoms with Gasteiger partial charge in [-0.3, -0.25) is 0 Å². The number of aromatic amines is 1. The molecule has 1 heterocycles. The van der Waals surface area contributed by atoms with E-state index in [9.17, 15) is 9.90 Å². The Hall–Kier alpha value is -2.37. The predicted octanol–water partition coefficient (Wildman–Crippen LogP) is 2.23. The zero-order chi connectivity index (χ0) is 14.1. The van der Waals surface area contributed by atoms with E-state index in [4.69, 9.17) is 4.74 Å². The number of phenols is 1. The summed E-state index contributed by atoms with van der Waals surface area (Å²) in [6.45, 7) is 1.99. The molecule has 1 fully saturated rings. The fourth-order valence-corrected chi connectivity index (χ4v) is 2.17. The second kappa shape index (κ2) is 4.96. The monoisotopic (exact) mass is 273 g/mol. The maximum Gasteiger partial charge on any atom is 0.361 e. The van der Waals surface area contributed by atoms with Crippen molar-refractivity contribution in [1.29, 1.82) is 0 Å². The van der Waals surface area contributed by atoms with Gasteiger partial charge in [-0.15, -0.1) is 5.10 Å². The van der Waals surface area contributed by atoms with E-state index in [0.717, 1.165) is 18.4 Å². The van der Waals surface area contributed by atoms with Crippen molar-refractivity contribution in [2.24, 2.45) is 0 Å². The number of aromatic hydroxyl groups is 1. The lowest BCUT2D eigenvalue weighted by molar-refractivity contribution is 0.0520. The summed E-state index contributed by atoms with van der Waals surface area (Å²) in [6, 6.07) is 5.40. The minimum atomic E-state index is -0.549. The molecule has 1 aliphatic carbocycles. The van der Waals surface area contributed by atoms with Crippen LogP contribution in [0, 0.1) is 0 Å². The highest BCUT2D eigenvalue weighted by molar-refractivity contribution is 5.94. The fourth-order valence-electron chi connectivity index (χ4n) is 2.17. The highest BCUT2D eigenvalue weighted by Crippen LogP contribution is 2.42. The molecule has 6 nitrogen and oxygen atoms in total. The molecule has 104 valence electrons. The van der Waals surface area contributed by atoms with E-state index in [1.54, 1.807) is 13.0 Å². The summed E-state index contributed by atoms with van der Waals surface area (Å²) in [6.07, 6.45) is 2.32. The fraction of sp³-hybridized carbons (Fsp3) is 0.357. The maximum absolute atomic E-state index is 11.8. The molecule has 3 rings (SSSR count). The molecule has 1 aromatic heterocycles. The molecule has 1 aliphatic rings. The Morgan fingerprint density at radius 1 is 1.45 bits per heavy atom. The van der Waals surface area contributed by atoms with E-state index in [-0.39, 0.29) is 18.1 Å². The molecule has 1 aromatic carbocycles. The third kappa shape index (κ3) is 2.24. The Morgan fingerprint density at radius 2 is 2.25 bits per heavy atom. The van der Waals surface area contributed by atoms with Crippen molar-refractivity contribution in [2.75, 3.05) is 6.61 Å². The van der Waals surface area contributed by atoms with Gasteiger partial charge in [0.25, 0.3) is 0 Å². The molecule has 0 unspecified atom stereocenters. The largest absolute Gasteiger partial charge is 0.507 e. The first-order valence-electron chi connectivity index (χ1n) is 6.62. The van der Waals surface area contributed by atoms with Gasteiger partial charge in [-0.25, -0.2) is 4.79 Å². The van der Waals surface area contributed by atoms with Crippen LogP contribution in [-0.2, 0) is 4.74 Å². The van der Waals surface area contributed by atoms with E-state index < -0.39 is 5.97 Å². The van der Waals surface area contributed by atoms with Crippen LogP contribution in [0.15, 0.2) is 18.2 Å². The molecule has 0 atom stereocenters. The van der Waals surface area contributed by atoms with E-state index >= 15 is 0 Å². The number of aromatic nitrogens is 3. The van der Waals surface area contributed by atoms with Gasteiger partial charge in [-0.05, 0) is 43.4 Å². The van der Waals surface area contributed by atoms with E-state index in [2.05, 4.69) is 15.4 Å². The number of H-pyrrole nitrogens is 1. The van der Waals surface area contributed by atoms with Crippen LogP contribution in [0.25, 0.3) is 11.3 Å². The summed E-state index contributed by atoms with van der Waals surface area (Å²) in [5, 5.41) is 20.2. The Kier molecular flexibility index (Phi) is 3.14. The summed E-state index contributed by atoms with van der Waals surface area (Å²) >= 11 is 0. The van der Waals surface area contributed by atoms with Crippen molar-refractivity contribution < 1.29 is 14.6 Å². The smallest absolute Gasteiger partial charge is 0.361 e. The molecule has 2 N–H and O–H groups in total. The Labute approximate surface area is 115 Å². The van der Waals surface area contributed by atoms with Crippen molar-refractivity contribution in [1.82, 2.24) is 15.4 Å². The summed E-state index contributed by atoms with van der Waals surface area (Å²) < 4.78 is 4.94. The molecular weight excluding hydrogens is 258 g/mol. The molecule has 0 radical (unpaired) electrons. The summed E-state index contributed by atoms with van der Waals surface area (Å²) in [5.41, 5.74) is 2.07. The van der Waals surface area contributed by atoms with Gasteiger partial charge in [0, 0.05) is 5.56 Å². The van der Waals surface area contributed by atoms with E-state index in [1.165, 1.54) is 0 Å². The van der Waals surface area contributed by atoms with E-state index in [1.807, 2.05) is 12.1 Å². The first-order chi connectivity index (χ1) is 9.70. The van der Waals surface area contributed by atoms with Gasteiger partial charge in [-0.2, -0.15) is 10.3 Å². The molecule has 1 saturated carbocycles. The van der Waals surface area contributed by atoms with Gasteiger partial charge < -0.3 is 9.84 Å². The minimum Gasteiger partial charge on any atom is -0.507 e. The highest BCUT2D eigenvalue weighted by Gasteiger charge is 2.26.